The summed E-state index contributed by atoms with van der Waals surface area (Å²) >= 11 is 0. The molecule has 4 rings (SSSR count). The number of hydrogen-bond acceptors (Lipinski definition) is 4. The fraction of sp³-hybridized carbons (Fsp3) is 0.400. The highest BCUT2D eigenvalue weighted by Gasteiger charge is 2.29. The van der Waals surface area contributed by atoms with E-state index in [0.29, 0.717) is 12.2 Å². The average molecular weight is 364 g/mol. The molecule has 3 aromatic heterocycles. The predicted octanol–water partition coefficient (Wildman–Crippen LogP) is 2.39. The number of hydrogen-bond donors (Lipinski definition) is 0. The van der Waals surface area contributed by atoms with Crippen molar-refractivity contribution in [1.29, 1.82) is 0 Å². The third-order valence-corrected chi connectivity index (χ3v) is 5.14. The first-order valence-corrected chi connectivity index (χ1v) is 9.31. The van der Waals surface area contributed by atoms with Gasteiger partial charge in [0.05, 0.1) is 5.69 Å². The van der Waals surface area contributed by atoms with Crippen molar-refractivity contribution in [1.82, 2.24) is 29.2 Å². The highest BCUT2D eigenvalue weighted by atomic mass is 16.2. The molecule has 1 atom stereocenters. The summed E-state index contributed by atoms with van der Waals surface area (Å²) in [7, 11) is 1.82. The second kappa shape index (κ2) is 7.34. The van der Waals surface area contributed by atoms with Gasteiger partial charge in [0.25, 0.3) is 5.91 Å². The third kappa shape index (κ3) is 3.63. The average Bonchev–Trinajstić information content (AvgIpc) is 3.28. The molecule has 0 bridgehead atoms. The Morgan fingerprint density at radius 2 is 2.07 bits per heavy atom. The van der Waals surface area contributed by atoms with Gasteiger partial charge >= 0.3 is 0 Å². The molecule has 0 N–H and O–H groups in total. The molecule has 1 aliphatic rings. The summed E-state index contributed by atoms with van der Waals surface area (Å²) in [6.45, 7) is 4.15. The molecule has 1 amide bonds. The number of amides is 1. The molecule has 0 aromatic carbocycles. The van der Waals surface area contributed by atoms with E-state index in [1.54, 1.807) is 4.68 Å². The molecule has 27 heavy (non-hydrogen) atoms. The minimum Gasteiger partial charge on any atom is -0.337 e. The second-order valence-electron chi connectivity index (χ2n) is 7.15. The fourth-order valence-electron chi connectivity index (χ4n) is 3.84. The SMILES string of the molecule is Cc1cc(C(=O)N2CCC[C@H](c3nccn3Cc3ccncc3)C2)n(C)n1. The molecule has 0 spiro atoms. The number of carbonyl (C=O) groups is 1. The van der Waals surface area contributed by atoms with Gasteiger partial charge in [-0.1, -0.05) is 0 Å². The van der Waals surface area contributed by atoms with Crippen molar-refractivity contribution in [2.24, 2.45) is 7.05 Å². The van der Waals surface area contributed by atoms with E-state index < -0.39 is 0 Å². The van der Waals surface area contributed by atoms with Crippen LogP contribution in [0, 0.1) is 6.92 Å². The highest BCUT2D eigenvalue weighted by Crippen LogP contribution is 2.27. The zero-order chi connectivity index (χ0) is 18.8. The second-order valence-corrected chi connectivity index (χ2v) is 7.15. The van der Waals surface area contributed by atoms with E-state index in [0.717, 1.165) is 37.4 Å². The topological polar surface area (TPSA) is 68.8 Å². The van der Waals surface area contributed by atoms with E-state index in [-0.39, 0.29) is 11.8 Å². The normalized spacial score (nSPS) is 17.3. The lowest BCUT2D eigenvalue weighted by Gasteiger charge is -2.32. The first kappa shape index (κ1) is 17.5. The zero-order valence-corrected chi connectivity index (χ0v) is 15.7. The molecule has 1 saturated heterocycles. The van der Waals surface area contributed by atoms with Crippen molar-refractivity contribution in [3.63, 3.8) is 0 Å². The molecule has 7 nitrogen and oxygen atoms in total. The number of aryl methyl sites for hydroxylation is 2. The number of imidazole rings is 1. The molecule has 1 aliphatic heterocycles. The Morgan fingerprint density at radius 3 is 2.81 bits per heavy atom. The van der Waals surface area contributed by atoms with Crippen molar-refractivity contribution < 1.29 is 4.79 Å². The maximum Gasteiger partial charge on any atom is 0.272 e. The van der Waals surface area contributed by atoms with Gasteiger partial charge in [-0.3, -0.25) is 14.5 Å². The lowest BCUT2D eigenvalue weighted by atomic mass is 9.96. The zero-order valence-electron chi connectivity index (χ0n) is 15.7. The highest BCUT2D eigenvalue weighted by molar-refractivity contribution is 5.92. The molecule has 0 aliphatic carbocycles. The first-order valence-electron chi connectivity index (χ1n) is 9.31. The smallest absolute Gasteiger partial charge is 0.272 e. The minimum absolute atomic E-state index is 0.0510. The lowest BCUT2D eigenvalue weighted by molar-refractivity contribution is 0.0692. The maximum absolute atomic E-state index is 13.0. The van der Waals surface area contributed by atoms with Crippen molar-refractivity contribution in [2.45, 2.75) is 32.2 Å². The van der Waals surface area contributed by atoms with E-state index in [9.17, 15) is 4.79 Å². The number of aromatic nitrogens is 5. The van der Waals surface area contributed by atoms with Crippen LogP contribution in [0.5, 0.6) is 0 Å². The van der Waals surface area contributed by atoms with Gasteiger partial charge in [-0.25, -0.2) is 4.98 Å². The number of pyridine rings is 1. The van der Waals surface area contributed by atoms with Crippen LogP contribution in [0.15, 0.2) is 43.0 Å². The van der Waals surface area contributed by atoms with Gasteiger partial charge in [0.1, 0.15) is 11.5 Å². The number of nitrogens with zero attached hydrogens (tertiary/aromatic N) is 6. The number of piperidine rings is 1. The van der Waals surface area contributed by atoms with Crippen LogP contribution in [-0.4, -0.2) is 48.2 Å². The quantitative estimate of drug-likeness (QED) is 0.713. The molecule has 3 aromatic rings. The molecular weight excluding hydrogens is 340 g/mol. The summed E-state index contributed by atoms with van der Waals surface area (Å²) in [5.74, 6) is 1.34. The lowest BCUT2D eigenvalue weighted by Crippen LogP contribution is -2.40. The van der Waals surface area contributed by atoms with E-state index >= 15 is 0 Å². The molecule has 140 valence electrons. The van der Waals surface area contributed by atoms with E-state index in [4.69, 9.17) is 0 Å². The van der Waals surface area contributed by atoms with Crippen LogP contribution in [-0.2, 0) is 13.6 Å². The number of likely N-dealkylation sites (tertiary alicyclic amines) is 1. The van der Waals surface area contributed by atoms with Crippen LogP contribution in [0.1, 0.15) is 46.3 Å². The van der Waals surface area contributed by atoms with E-state index in [2.05, 4.69) is 19.6 Å². The molecule has 0 saturated carbocycles. The van der Waals surface area contributed by atoms with Gasteiger partial charge in [-0.2, -0.15) is 5.10 Å². The number of carbonyl (C=O) groups excluding carboxylic acids is 1. The van der Waals surface area contributed by atoms with Gasteiger partial charge in [-0.15, -0.1) is 0 Å². The Hall–Kier alpha value is -2.96. The Bertz CT molecular complexity index is 929. The summed E-state index contributed by atoms with van der Waals surface area (Å²) in [5, 5.41) is 4.30. The summed E-state index contributed by atoms with van der Waals surface area (Å²) in [5.41, 5.74) is 2.70. The molecule has 0 radical (unpaired) electrons. The van der Waals surface area contributed by atoms with E-state index in [1.165, 1.54) is 5.56 Å². The molecule has 1 fully saturated rings. The third-order valence-electron chi connectivity index (χ3n) is 5.14. The van der Waals surface area contributed by atoms with Gasteiger partial charge in [-0.05, 0) is 43.5 Å². The van der Waals surface area contributed by atoms with Crippen molar-refractivity contribution >= 4 is 5.91 Å². The van der Waals surface area contributed by atoms with Crippen LogP contribution in [0.2, 0.25) is 0 Å². The Morgan fingerprint density at radius 1 is 1.26 bits per heavy atom. The fourth-order valence-corrected chi connectivity index (χ4v) is 3.84. The van der Waals surface area contributed by atoms with Gasteiger partial charge in [0.15, 0.2) is 0 Å². The van der Waals surface area contributed by atoms with Gasteiger partial charge in [0, 0.05) is 57.4 Å². The van der Waals surface area contributed by atoms with Crippen molar-refractivity contribution in [2.75, 3.05) is 13.1 Å². The van der Waals surface area contributed by atoms with Crippen molar-refractivity contribution in [3.05, 3.63) is 65.8 Å². The summed E-state index contributed by atoms with van der Waals surface area (Å²) < 4.78 is 3.86. The van der Waals surface area contributed by atoms with Crippen LogP contribution in [0.3, 0.4) is 0 Å². The summed E-state index contributed by atoms with van der Waals surface area (Å²) in [6.07, 6.45) is 9.51. The molecular formula is C20H24N6O. The van der Waals surface area contributed by atoms with Gasteiger partial charge in [0.2, 0.25) is 0 Å². The first-order chi connectivity index (χ1) is 13.1. The molecule has 7 heteroatoms. The van der Waals surface area contributed by atoms with Crippen LogP contribution in [0.25, 0.3) is 0 Å². The molecule has 4 heterocycles. The standard InChI is InChI=1S/C20H24N6O/c1-15-12-18(24(2)23-15)20(27)26-10-3-4-17(14-26)19-22-9-11-25(19)13-16-5-7-21-8-6-16/h5-9,11-12,17H,3-4,10,13-14H2,1-2H3/t17-/m0/s1. The van der Waals surface area contributed by atoms with Crippen molar-refractivity contribution in [3.8, 4) is 0 Å². The Balaban J connectivity index is 1.51. The summed E-state index contributed by atoms with van der Waals surface area (Å²) in [6, 6.07) is 5.90. The van der Waals surface area contributed by atoms with Gasteiger partial charge < -0.3 is 9.47 Å². The molecule has 0 unspecified atom stereocenters. The monoisotopic (exact) mass is 364 g/mol. The predicted molar refractivity (Wildman–Crippen MR) is 101 cm³/mol. The minimum atomic E-state index is 0.0510. The van der Waals surface area contributed by atoms with Crippen LogP contribution < -0.4 is 0 Å². The largest absolute Gasteiger partial charge is 0.337 e. The Kier molecular flexibility index (Phi) is 4.75. The van der Waals surface area contributed by atoms with Crippen LogP contribution >= 0.6 is 0 Å². The maximum atomic E-state index is 13.0. The summed E-state index contributed by atoms with van der Waals surface area (Å²) in [4.78, 5) is 23.6. The Labute approximate surface area is 158 Å². The number of rotatable bonds is 4. The van der Waals surface area contributed by atoms with E-state index in [1.807, 2.05) is 61.9 Å². The van der Waals surface area contributed by atoms with Crippen LogP contribution in [0.4, 0.5) is 0 Å².